The molecule has 24 heavy (non-hydrogen) atoms. The molecule has 0 N–H and O–H groups in total. The largest absolute Gasteiger partial charge is 0.466 e. The molecule has 134 valence electrons. The molecule has 3 atom stereocenters. The minimum atomic E-state index is -0.136. The molecule has 1 aromatic heterocycles. The van der Waals surface area contributed by atoms with Gasteiger partial charge in [-0.15, -0.1) is 0 Å². The number of nitrogens with zero attached hydrogens (tertiary/aromatic N) is 2. The lowest BCUT2D eigenvalue weighted by atomic mass is 9.99. The van der Waals surface area contributed by atoms with Gasteiger partial charge in [-0.05, 0) is 32.8 Å². The van der Waals surface area contributed by atoms with Gasteiger partial charge in [-0.1, -0.05) is 13.3 Å². The molecule has 0 aliphatic carbocycles. The van der Waals surface area contributed by atoms with Gasteiger partial charge >= 0.3 is 0 Å². The SMILES string of the molecule is CCC1CN(C(=O)C(C)c2cc(C)oc2C)CC1N1CCOCC1. The van der Waals surface area contributed by atoms with Crippen LogP contribution in [0.5, 0.6) is 0 Å². The zero-order chi connectivity index (χ0) is 17.3. The van der Waals surface area contributed by atoms with Crippen LogP contribution in [0.25, 0.3) is 0 Å². The normalized spacial score (nSPS) is 26.8. The topological polar surface area (TPSA) is 45.9 Å². The average Bonchev–Trinajstić information content (AvgIpc) is 3.17. The van der Waals surface area contributed by atoms with Crippen LogP contribution in [0.3, 0.4) is 0 Å². The number of morpholine rings is 1. The second-order valence-electron chi connectivity index (χ2n) is 7.22. The summed E-state index contributed by atoms with van der Waals surface area (Å²) >= 11 is 0. The first-order valence-corrected chi connectivity index (χ1v) is 9.18. The Hall–Kier alpha value is -1.33. The Labute approximate surface area is 144 Å². The van der Waals surface area contributed by atoms with Crippen LogP contribution in [0.2, 0.25) is 0 Å². The van der Waals surface area contributed by atoms with Crippen LogP contribution in [0.4, 0.5) is 0 Å². The van der Waals surface area contributed by atoms with Gasteiger partial charge in [-0.3, -0.25) is 9.69 Å². The van der Waals surface area contributed by atoms with Crippen LogP contribution in [0, 0.1) is 19.8 Å². The van der Waals surface area contributed by atoms with Crippen molar-refractivity contribution < 1.29 is 13.9 Å². The molecule has 3 unspecified atom stereocenters. The zero-order valence-electron chi connectivity index (χ0n) is 15.4. The molecule has 1 amide bonds. The van der Waals surface area contributed by atoms with Crippen LogP contribution >= 0.6 is 0 Å². The van der Waals surface area contributed by atoms with E-state index in [1.807, 2.05) is 26.8 Å². The Kier molecular flexibility index (Phi) is 5.30. The number of hydrogen-bond donors (Lipinski definition) is 0. The monoisotopic (exact) mass is 334 g/mol. The van der Waals surface area contributed by atoms with E-state index in [-0.39, 0.29) is 11.8 Å². The highest BCUT2D eigenvalue weighted by Crippen LogP contribution is 2.30. The zero-order valence-corrected chi connectivity index (χ0v) is 15.4. The van der Waals surface area contributed by atoms with Crippen molar-refractivity contribution in [1.82, 2.24) is 9.80 Å². The van der Waals surface area contributed by atoms with E-state index in [9.17, 15) is 4.79 Å². The molecule has 2 aliphatic rings. The summed E-state index contributed by atoms with van der Waals surface area (Å²) in [4.78, 5) is 17.6. The first-order valence-electron chi connectivity index (χ1n) is 9.18. The Morgan fingerprint density at radius 3 is 2.58 bits per heavy atom. The first kappa shape index (κ1) is 17.5. The molecular formula is C19H30N2O3. The minimum absolute atomic E-state index is 0.136. The van der Waals surface area contributed by atoms with Gasteiger partial charge < -0.3 is 14.1 Å². The maximum atomic E-state index is 13.0. The Morgan fingerprint density at radius 1 is 1.29 bits per heavy atom. The van der Waals surface area contributed by atoms with Gasteiger partial charge in [0.2, 0.25) is 5.91 Å². The maximum absolute atomic E-state index is 13.0. The van der Waals surface area contributed by atoms with E-state index < -0.39 is 0 Å². The van der Waals surface area contributed by atoms with Gasteiger partial charge in [0, 0.05) is 37.8 Å². The van der Waals surface area contributed by atoms with Crippen molar-refractivity contribution in [3.63, 3.8) is 0 Å². The van der Waals surface area contributed by atoms with Crippen molar-refractivity contribution in [3.8, 4) is 0 Å². The summed E-state index contributed by atoms with van der Waals surface area (Å²) in [6.45, 7) is 13.4. The highest BCUT2D eigenvalue weighted by Gasteiger charge is 2.39. The Morgan fingerprint density at radius 2 is 2.00 bits per heavy atom. The predicted molar refractivity (Wildman–Crippen MR) is 93.1 cm³/mol. The average molecular weight is 334 g/mol. The molecule has 0 saturated carbocycles. The number of furan rings is 1. The van der Waals surface area contributed by atoms with Crippen LogP contribution < -0.4 is 0 Å². The van der Waals surface area contributed by atoms with E-state index >= 15 is 0 Å². The van der Waals surface area contributed by atoms with Crippen molar-refractivity contribution in [1.29, 1.82) is 0 Å². The van der Waals surface area contributed by atoms with E-state index in [0.29, 0.717) is 12.0 Å². The first-order chi connectivity index (χ1) is 11.5. The fourth-order valence-electron chi connectivity index (χ4n) is 4.25. The summed E-state index contributed by atoms with van der Waals surface area (Å²) in [5.41, 5.74) is 1.03. The van der Waals surface area contributed by atoms with Gasteiger partial charge in [0.15, 0.2) is 0 Å². The number of aryl methyl sites for hydroxylation is 2. The Balaban J connectivity index is 1.70. The van der Waals surface area contributed by atoms with Crippen molar-refractivity contribution in [2.75, 3.05) is 39.4 Å². The molecule has 5 nitrogen and oxygen atoms in total. The fraction of sp³-hybridized carbons (Fsp3) is 0.737. The molecule has 2 aliphatic heterocycles. The molecule has 1 aromatic rings. The number of carbonyl (C=O) groups excluding carboxylic acids is 1. The lowest BCUT2D eigenvalue weighted by Crippen LogP contribution is -2.47. The van der Waals surface area contributed by atoms with Crippen LogP contribution in [0.15, 0.2) is 10.5 Å². The summed E-state index contributed by atoms with van der Waals surface area (Å²) in [5, 5.41) is 0. The quantitative estimate of drug-likeness (QED) is 0.849. The van der Waals surface area contributed by atoms with Gasteiger partial charge in [0.1, 0.15) is 11.5 Å². The summed E-state index contributed by atoms with van der Waals surface area (Å²) < 4.78 is 11.1. The van der Waals surface area contributed by atoms with Crippen molar-refractivity contribution >= 4 is 5.91 Å². The lowest BCUT2D eigenvalue weighted by Gasteiger charge is -2.34. The second-order valence-corrected chi connectivity index (χ2v) is 7.22. The fourth-order valence-corrected chi connectivity index (χ4v) is 4.25. The molecule has 0 spiro atoms. The number of carbonyl (C=O) groups is 1. The van der Waals surface area contributed by atoms with Crippen LogP contribution in [-0.4, -0.2) is 61.1 Å². The molecule has 5 heteroatoms. The van der Waals surface area contributed by atoms with Crippen LogP contribution in [-0.2, 0) is 9.53 Å². The number of rotatable bonds is 4. The van der Waals surface area contributed by atoms with E-state index in [1.54, 1.807) is 0 Å². The van der Waals surface area contributed by atoms with Gasteiger partial charge in [-0.25, -0.2) is 0 Å². The summed E-state index contributed by atoms with van der Waals surface area (Å²) in [6, 6.07) is 2.48. The summed E-state index contributed by atoms with van der Waals surface area (Å²) in [5.74, 6) is 2.40. The molecule has 3 heterocycles. The van der Waals surface area contributed by atoms with E-state index in [1.165, 1.54) is 0 Å². The lowest BCUT2D eigenvalue weighted by molar-refractivity contribution is -0.131. The number of ether oxygens (including phenoxy) is 1. The standard InChI is InChI=1S/C19H30N2O3/c1-5-16-11-21(12-18(16)20-6-8-23-9-7-20)19(22)14(3)17-10-13(2)24-15(17)4/h10,14,16,18H,5-9,11-12H2,1-4H3. The highest BCUT2D eigenvalue weighted by molar-refractivity contribution is 5.84. The highest BCUT2D eigenvalue weighted by atomic mass is 16.5. The second kappa shape index (κ2) is 7.28. The Bertz CT molecular complexity index is 577. The number of likely N-dealkylation sites (tertiary alicyclic amines) is 1. The molecule has 2 fully saturated rings. The van der Waals surface area contributed by atoms with Gasteiger partial charge in [0.05, 0.1) is 19.1 Å². The molecule has 3 rings (SSSR count). The third kappa shape index (κ3) is 3.38. The van der Waals surface area contributed by atoms with Gasteiger partial charge in [0.25, 0.3) is 0 Å². The number of amides is 1. The van der Waals surface area contributed by atoms with E-state index in [2.05, 4.69) is 16.7 Å². The predicted octanol–water partition coefficient (Wildman–Crippen LogP) is 2.57. The maximum Gasteiger partial charge on any atom is 0.230 e. The van der Waals surface area contributed by atoms with Crippen LogP contribution in [0.1, 0.15) is 43.3 Å². The van der Waals surface area contributed by atoms with Crippen molar-refractivity contribution in [2.45, 2.75) is 46.1 Å². The van der Waals surface area contributed by atoms with Crippen molar-refractivity contribution in [3.05, 3.63) is 23.2 Å². The summed E-state index contributed by atoms with van der Waals surface area (Å²) in [7, 11) is 0. The smallest absolute Gasteiger partial charge is 0.230 e. The molecule has 0 aromatic carbocycles. The van der Waals surface area contributed by atoms with Crippen molar-refractivity contribution in [2.24, 2.45) is 5.92 Å². The third-order valence-corrected chi connectivity index (χ3v) is 5.67. The molecular weight excluding hydrogens is 304 g/mol. The van der Waals surface area contributed by atoms with E-state index in [0.717, 1.165) is 62.9 Å². The number of hydrogen-bond acceptors (Lipinski definition) is 4. The molecule has 0 radical (unpaired) electrons. The van der Waals surface area contributed by atoms with E-state index in [4.69, 9.17) is 9.15 Å². The minimum Gasteiger partial charge on any atom is -0.466 e. The molecule has 2 saturated heterocycles. The van der Waals surface area contributed by atoms with Gasteiger partial charge in [-0.2, -0.15) is 0 Å². The summed E-state index contributed by atoms with van der Waals surface area (Å²) in [6.07, 6.45) is 1.12. The third-order valence-electron chi connectivity index (χ3n) is 5.67. The molecule has 0 bridgehead atoms.